The Hall–Kier alpha value is -2.55. The Morgan fingerprint density at radius 3 is 1.51 bits per heavy atom. The predicted octanol–water partition coefficient (Wildman–Crippen LogP) is 8.27. The van der Waals surface area contributed by atoms with Crippen molar-refractivity contribution in [3.63, 3.8) is 0 Å². The Labute approximate surface area is 213 Å². The highest BCUT2D eigenvalue weighted by molar-refractivity contribution is 5.86. The molecule has 2 aromatic rings. The second kappa shape index (κ2) is 9.48. The fourth-order valence-corrected chi connectivity index (χ4v) is 4.30. The van der Waals surface area contributed by atoms with Crippen LogP contribution in [0.25, 0.3) is 6.08 Å². The molecule has 0 fully saturated rings. The number of phenolic OH excluding ortho intramolecular Hbond substituents is 1. The first-order valence-corrected chi connectivity index (χ1v) is 12.6. The van der Waals surface area contributed by atoms with Gasteiger partial charge < -0.3 is 10.2 Å². The molecule has 0 spiro atoms. The van der Waals surface area contributed by atoms with Crippen LogP contribution in [0.15, 0.2) is 30.3 Å². The minimum Gasteiger partial charge on any atom is -0.507 e. The second-order valence-corrected chi connectivity index (χ2v) is 14.0. The molecule has 0 aliphatic rings. The van der Waals surface area contributed by atoms with E-state index in [1.165, 1.54) is 17.2 Å². The molecule has 0 heterocycles. The Morgan fingerprint density at radius 1 is 0.686 bits per heavy atom. The van der Waals surface area contributed by atoms with Gasteiger partial charge in [0, 0.05) is 12.5 Å². The van der Waals surface area contributed by atoms with Crippen molar-refractivity contribution in [2.24, 2.45) is 0 Å². The van der Waals surface area contributed by atoms with Crippen LogP contribution in [0.5, 0.6) is 5.75 Å². The third-order valence-electron chi connectivity index (χ3n) is 6.58. The van der Waals surface area contributed by atoms with Gasteiger partial charge in [0.25, 0.3) is 0 Å². The van der Waals surface area contributed by atoms with Crippen LogP contribution in [0.2, 0.25) is 0 Å². The number of aromatic hydroxyl groups is 1. The summed E-state index contributed by atoms with van der Waals surface area (Å²) in [6.45, 7) is 26.0. The van der Waals surface area contributed by atoms with Crippen molar-refractivity contribution in [3.8, 4) is 5.75 Å². The highest BCUT2D eigenvalue weighted by Gasteiger charge is 2.27. The summed E-state index contributed by atoms with van der Waals surface area (Å²) in [5.41, 5.74) is 6.72. The third kappa shape index (κ3) is 6.99. The fourth-order valence-electron chi connectivity index (χ4n) is 4.30. The van der Waals surface area contributed by atoms with Gasteiger partial charge in [-0.3, -0.25) is 0 Å². The van der Waals surface area contributed by atoms with Crippen molar-refractivity contribution in [1.82, 2.24) is 0 Å². The summed E-state index contributed by atoms with van der Waals surface area (Å²) in [6, 6.07) is 8.67. The smallest absolute Gasteiger partial charge is 0.328 e. The lowest BCUT2D eigenvalue weighted by atomic mass is 9.75. The van der Waals surface area contributed by atoms with E-state index in [1.54, 1.807) is 6.08 Å². The largest absolute Gasteiger partial charge is 0.507 e. The maximum Gasteiger partial charge on any atom is 0.328 e. The van der Waals surface area contributed by atoms with Crippen LogP contribution in [-0.2, 0) is 32.9 Å². The van der Waals surface area contributed by atoms with Crippen LogP contribution < -0.4 is 0 Å². The van der Waals surface area contributed by atoms with Crippen molar-refractivity contribution in [3.05, 3.63) is 69.3 Å². The monoisotopic (exact) mass is 478 g/mol. The average Bonchev–Trinajstić information content (AvgIpc) is 2.64. The molecule has 3 nitrogen and oxygen atoms in total. The van der Waals surface area contributed by atoms with Gasteiger partial charge in [0.05, 0.1) is 0 Å². The fraction of sp³-hybridized carbons (Fsp3) is 0.531. The molecule has 0 unspecified atom stereocenters. The molecule has 2 aromatic carbocycles. The molecule has 0 saturated carbocycles. The predicted molar refractivity (Wildman–Crippen MR) is 149 cm³/mol. The van der Waals surface area contributed by atoms with E-state index in [-0.39, 0.29) is 21.7 Å². The maximum atomic E-state index is 11.5. The van der Waals surface area contributed by atoms with Crippen LogP contribution >= 0.6 is 0 Å². The van der Waals surface area contributed by atoms with E-state index in [4.69, 9.17) is 0 Å². The van der Waals surface area contributed by atoms with Crippen LogP contribution in [0, 0.1) is 0 Å². The van der Waals surface area contributed by atoms with Gasteiger partial charge in [-0.2, -0.15) is 0 Å². The van der Waals surface area contributed by atoms with Gasteiger partial charge in [-0.05, 0) is 66.7 Å². The number of hydrogen-bond donors (Lipinski definition) is 2. The molecule has 2 N–H and O–H groups in total. The van der Waals surface area contributed by atoms with Gasteiger partial charge in [-0.15, -0.1) is 0 Å². The van der Waals surface area contributed by atoms with Crippen molar-refractivity contribution < 1.29 is 15.0 Å². The first-order chi connectivity index (χ1) is 15.6. The topological polar surface area (TPSA) is 57.5 Å². The van der Waals surface area contributed by atoms with E-state index < -0.39 is 5.97 Å². The Morgan fingerprint density at radius 2 is 1.11 bits per heavy atom. The van der Waals surface area contributed by atoms with E-state index in [1.807, 2.05) is 0 Å². The summed E-state index contributed by atoms with van der Waals surface area (Å²) in [5.74, 6) is -0.638. The van der Waals surface area contributed by atoms with E-state index >= 15 is 0 Å². The highest BCUT2D eigenvalue weighted by atomic mass is 16.4. The first kappa shape index (κ1) is 28.7. The van der Waals surface area contributed by atoms with Gasteiger partial charge in [0.15, 0.2) is 0 Å². The Kier molecular flexibility index (Phi) is 7.77. The van der Waals surface area contributed by atoms with Gasteiger partial charge in [0.2, 0.25) is 0 Å². The summed E-state index contributed by atoms with van der Waals surface area (Å²) >= 11 is 0. The minimum absolute atomic E-state index is 0.0711. The molecule has 0 radical (unpaired) electrons. The third-order valence-corrected chi connectivity index (χ3v) is 6.58. The van der Waals surface area contributed by atoms with Crippen molar-refractivity contribution in [2.75, 3.05) is 0 Å². The average molecular weight is 479 g/mol. The first-order valence-electron chi connectivity index (χ1n) is 12.6. The van der Waals surface area contributed by atoms with E-state index in [0.29, 0.717) is 12.2 Å². The Balaban J connectivity index is 2.93. The quantitative estimate of drug-likeness (QED) is 0.435. The molecular weight excluding hydrogens is 432 g/mol. The molecule has 0 aliphatic heterocycles. The number of carboxylic acids is 1. The van der Waals surface area contributed by atoms with E-state index in [9.17, 15) is 15.0 Å². The molecule has 0 aliphatic carbocycles. The highest BCUT2D eigenvalue weighted by Crippen LogP contribution is 2.40. The summed E-state index contributed by atoms with van der Waals surface area (Å²) in [4.78, 5) is 11.5. The molecule has 2 rings (SSSR count). The SMILES string of the molecule is CC(C)(C)c1cc(Cc2cc(C(C)(C)C)cc(C(C)(C)C)c2C=CC(=O)O)c(O)c(C(C)(C)C)c1. The lowest BCUT2D eigenvalue weighted by Crippen LogP contribution is -2.20. The number of phenols is 1. The number of rotatable bonds is 4. The van der Waals surface area contributed by atoms with Gasteiger partial charge in [-0.25, -0.2) is 4.79 Å². The van der Waals surface area contributed by atoms with E-state index in [2.05, 4.69) is 107 Å². The van der Waals surface area contributed by atoms with Crippen LogP contribution in [0.4, 0.5) is 0 Å². The van der Waals surface area contributed by atoms with Gasteiger partial charge in [-0.1, -0.05) is 107 Å². The summed E-state index contributed by atoms with van der Waals surface area (Å²) in [7, 11) is 0. The summed E-state index contributed by atoms with van der Waals surface area (Å²) in [6.07, 6.45) is 3.46. The molecule has 0 atom stereocenters. The lowest BCUT2D eigenvalue weighted by molar-refractivity contribution is -0.131. The molecule has 192 valence electrons. The lowest BCUT2D eigenvalue weighted by Gasteiger charge is -2.30. The minimum atomic E-state index is -0.969. The number of hydrogen-bond acceptors (Lipinski definition) is 2. The molecule has 3 heteroatoms. The van der Waals surface area contributed by atoms with Gasteiger partial charge >= 0.3 is 5.97 Å². The zero-order chi connectivity index (χ0) is 27.1. The molecular formula is C32H46O3. The molecule has 35 heavy (non-hydrogen) atoms. The number of benzene rings is 2. The maximum absolute atomic E-state index is 11.5. The van der Waals surface area contributed by atoms with Gasteiger partial charge in [0.1, 0.15) is 5.75 Å². The van der Waals surface area contributed by atoms with Crippen LogP contribution in [0.1, 0.15) is 122 Å². The zero-order valence-electron chi connectivity index (χ0n) is 24.0. The van der Waals surface area contributed by atoms with Crippen LogP contribution in [0.3, 0.4) is 0 Å². The van der Waals surface area contributed by atoms with Crippen molar-refractivity contribution in [1.29, 1.82) is 0 Å². The molecule has 0 saturated heterocycles. The van der Waals surface area contributed by atoms with Crippen LogP contribution in [-0.4, -0.2) is 16.2 Å². The summed E-state index contributed by atoms with van der Waals surface area (Å²) < 4.78 is 0. The second-order valence-electron chi connectivity index (χ2n) is 14.0. The van der Waals surface area contributed by atoms with Crippen molar-refractivity contribution >= 4 is 12.0 Å². The Bertz CT molecular complexity index is 1120. The molecule has 0 bridgehead atoms. The number of carbonyl (C=O) groups is 1. The zero-order valence-corrected chi connectivity index (χ0v) is 24.0. The van der Waals surface area contributed by atoms with E-state index in [0.717, 1.165) is 27.8 Å². The standard InChI is InChI=1S/C32H46O3/c1-29(2,3)22-16-20(24(13-14-27(33)34)25(18-22)31(7,8)9)15-21-17-23(30(4,5)6)19-26(28(21)35)32(10,11)12/h13-14,16-19,35H,15H2,1-12H3,(H,33,34). The number of aliphatic carboxylic acids is 1. The molecule has 0 aromatic heterocycles. The normalized spacial score (nSPS) is 13.5. The molecule has 0 amide bonds. The van der Waals surface area contributed by atoms with Crippen molar-refractivity contribution in [2.45, 2.75) is 111 Å². The summed E-state index contributed by atoms with van der Waals surface area (Å²) in [5, 5.41) is 20.8. The number of carboxylic acid groups (broad SMARTS) is 1.